The standard InChI is InChI=1S/C16H16N4O2/c1-11-2-7-15-18-16(14(8-9-17)19(15)10-11)12-3-5-13(6-4-12)20(21)22/h2-7,10H,8-9,17H2,1H3. The van der Waals surface area contributed by atoms with Crippen molar-refractivity contribution < 1.29 is 4.92 Å². The monoisotopic (exact) mass is 296 g/mol. The number of rotatable bonds is 4. The lowest BCUT2D eigenvalue weighted by atomic mass is 10.1. The highest BCUT2D eigenvalue weighted by molar-refractivity contribution is 5.67. The molecule has 0 bridgehead atoms. The van der Waals surface area contributed by atoms with Gasteiger partial charge in [0.15, 0.2) is 0 Å². The molecule has 3 rings (SSSR count). The molecule has 0 radical (unpaired) electrons. The SMILES string of the molecule is Cc1ccc2nc(-c3ccc([N+](=O)[O-])cc3)c(CCN)n2c1. The van der Waals surface area contributed by atoms with Crippen LogP contribution in [-0.2, 0) is 6.42 Å². The van der Waals surface area contributed by atoms with E-state index in [0.29, 0.717) is 13.0 Å². The van der Waals surface area contributed by atoms with Gasteiger partial charge in [-0.05, 0) is 37.2 Å². The van der Waals surface area contributed by atoms with Crippen molar-refractivity contribution in [1.29, 1.82) is 0 Å². The molecule has 0 saturated carbocycles. The zero-order valence-electron chi connectivity index (χ0n) is 12.2. The van der Waals surface area contributed by atoms with Crippen molar-refractivity contribution in [1.82, 2.24) is 9.38 Å². The summed E-state index contributed by atoms with van der Waals surface area (Å²) in [6.45, 7) is 2.54. The van der Waals surface area contributed by atoms with Crippen molar-refractivity contribution in [2.24, 2.45) is 5.73 Å². The van der Waals surface area contributed by atoms with Gasteiger partial charge in [0.1, 0.15) is 5.65 Å². The third kappa shape index (κ3) is 2.44. The molecule has 6 nitrogen and oxygen atoms in total. The Balaban J connectivity index is 2.16. The van der Waals surface area contributed by atoms with Gasteiger partial charge in [-0.2, -0.15) is 0 Å². The fourth-order valence-corrected chi connectivity index (χ4v) is 2.55. The quantitative estimate of drug-likeness (QED) is 0.592. The average molecular weight is 296 g/mol. The van der Waals surface area contributed by atoms with Crippen molar-refractivity contribution in [2.45, 2.75) is 13.3 Å². The number of imidazole rings is 1. The van der Waals surface area contributed by atoms with Gasteiger partial charge < -0.3 is 10.1 Å². The minimum absolute atomic E-state index is 0.0729. The number of nitro groups is 1. The first-order chi connectivity index (χ1) is 10.6. The smallest absolute Gasteiger partial charge is 0.269 e. The fraction of sp³-hybridized carbons (Fsp3) is 0.188. The second-order valence-electron chi connectivity index (χ2n) is 5.18. The number of nitrogens with zero attached hydrogens (tertiary/aromatic N) is 3. The van der Waals surface area contributed by atoms with E-state index in [1.165, 1.54) is 12.1 Å². The first kappa shape index (κ1) is 14.2. The lowest BCUT2D eigenvalue weighted by Gasteiger charge is -2.04. The lowest BCUT2D eigenvalue weighted by molar-refractivity contribution is -0.384. The number of benzene rings is 1. The van der Waals surface area contributed by atoms with Crippen LogP contribution in [0.5, 0.6) is 0 Å². The van der Waals surface area contributed by atoms with Gasteiger partial charge in [-0.15, -0.1) is 0 Å². The van der Waals surface area contributed by atoms with Crippen LogP contribution < -0.4 is 5.73 Å². The molecule has 0 fully saturated rings. The van der Waals surface area contributed by atoms with E-state index in [4.69, 9.17) is 5.73 Å². The summed E-state index contributed by atoms with van der Waals surface area (Å²) in [5.41, 5.74) is 10.5. The number of hydrogen-bond acceptors (Lipinski definition) is 4. The summed E-state index contributed by atoms with van der Waals surface area (Å²) >= 11 is 0. The Morgan fingerprint density at radius 1 is 1.23 bits per heavy atom. The highest BCUT2D eigenvalue weighted by Crippen LogP contribution is 2.27. The van der Waals surface area contributed by atoms with Crippen molar-refractivity contribution in [3.05, 3.63) is 64.0 Å². The predicted octanol–water partition coefficient (Wildman–Crippen LogP) is 2.72. The lowest BCUT2D eigenvalue weighted by Crippen LogP contribution is -2.06. The molecule has 6 heteroatoms. The van der Waals surface area contributed by atoms with Crippen molar-refractivity contribution in [3.8, 4) is 11.3 Å². The summed E-state index contributed by atoms with van der Waals surface area (Å²) in [5, 5.41) is 10.8. The van der Waals surface area contributed by atoms with E-state index in [1.807, 2.05) is 29.7 Å². The van der Waals surface area contributed by atoms with Gasteiger partial charge in [-0.1, -0.05) is 6.07 Å². The maximum atomic E-state index is 10.8. The van der Waals surface area contributed by atoms with Crippen LogP contribution in [0, 0.1) is 17.0 Å². The number of pyridine rings is 1. The summed E-state index contributed by atoms with van der Waals surface area (Å²) in [5.74, 6) is 0. The molecule has 0 atom stereocenters. The number of nitro benzene ring substituents is 1. The van der Waals surface area contributed by atoms with Gasteiger partial charge in [0.2, 0.25) is 0 Å². The van der Waals surface area contributed by atoms with E-state index in [0.717, 1.165) is 28.2 Å². The fourth-order valence-electron chi connectivity index (χ4n) is 2.55. The van der Waals surface area contributed by atoms with Crippen LogP contribution in [0.1, 0.15) is 11.3 Å². The minimum atomic E-state index is -0.405. The van der Waals surface area contributed by atoms with Crippen LogP contribution in [0.3, 0.4) is 0 Å². The van der Waals surface area contributed by atoms with Crippen molar-refractivity contribution >= 4 is 11.3 Å². The molecule has 0 spiro atoms. The minimum Gasteiger partial charge on any atom is -0.330 e. The Morgan fingerprint density at radius 2 is 1.95 bits per heavy atom. The average Bonchev–Trinajstić information content (AvgIpc) is 2.86. The molecule has 2 aromatic heterocycles. The Hall–Kier alpha value is -2.73. The first-order valence-corrected chi connectivity index (χ1v) is 7.02. The van der Waals surface area contributed by atoms with Gasteiger partial charge >= 0.3 is 0 Å². The Bertz CT molecular complexity index is 837. The number of aryl methyl sites for hydroxylation is 1. The van der Waals surface area contributed by atoms with E-state index in [9.17, 15) is 10.1 Å². The van der Waals surface area contributed by atoms with Gasteiger partial charge in [0, 0.05) is 30.3 Å². The molecular weight excluding hydrogens is 280 g/mol. The molecule has 2 heterocycles. The summed E-state index contributed by atoms with van der Waals surface area (Å²) < 4.78 is 2.04. The molecule has 0 aliphatic carbocycles. The number of hydrogen-bond donors (Lipinski definition) is 1. The Morgan fingerprint density at radius 3 is 2.59 bits per heavy atom. The van der Waals surface area contributed by atoms with Crippen LogP contribution in [0.2, 0.25) is 0 Å². The van der Waals surface area contributed by atoms with Crippen LogP contribution in [0.4, 0.5) is 5.69 Å². The van der Waals surface area contributed by atoms with Crippen molar-refractivity contribution in [3.63, 3.8) is 0 Å². The molecule has 22 heavy (non-hydrogen) atoms. The van der Waals surface area contributed by atoms with Crippen LogP contribution in [0.25, 0.3) is 16.9 Å². The van der Waals surface area contributed by atoms with E-state index in [1.54, 1.807) is 12.1 Å². The molecule has 1 aromatic carbocycles. The molecule has 0 unspecified atom stereocenters. The predicted molar refractivity (Wildman–Crippen MR) is 84.8 cm³/mol. The maximum absolute atomic E-state index is 10.8. The van der Waals surface area contributed by atoms with Gasteiger partial charge in [0.05, 0.1) is 16.3 Å². The molecule has 3 aromatic rings. The summed E-state index contributed by atoms with van der Waals surface area (Å²) in [4.78, 5) is 15.0. The Labute approximate surface area is 127 Å². The molecule has 0 aliphatic rings. The zero-order chi connectivity index (χ0) is 15.7. The second-order valence-corrected chi connectivity index (χ2v) is 5.18. The largest absolute Gasteiger partial charge is 0.330 e. The third-order valence-electron chi connectivity index (χ3n) is 3.60. The number of fused-ring (bicyclic) bond motifs is 1. The highest BCUT2D eigenvalue weighted by Gasteiger charge is 2.14. The van der Waals surface area contributed by atoms with Crippen LogP contribution in [-0.4, -0.2) is 20.9 Å². The molecule has 0 amide bonds. The molecule has 0 saturated heterocycles. The summed E-state index contributed by atoms with van der Waals surface area (Å²) in [7, 11) is 0. The van der Waals surface area contributed by atoms with Gasteiger partial charge in [-0.25, -0.2) is 4.98 Å². The third-order valence-corrected chi connectivity index (χ3v) is 3.60. The molecule has 0 aliphatic heterocycles. The maximum Gasteiger partial charge on any atom is 0.269 e. The molecule has 2 N–H and O–H groups in total. The number of non-ortho nitro benzene ring substituents is 1. The van der Waals surface area contributed by atoms with E-state index >= 15 is 0 Å². The van der Waals surface area contributed by atoms with Gasteiger partial charge in [0.25, 0.3) is 5.69 Å². The van der Waals surface area contributed by atoms with Crippen LogP contribution in [0.15, 0.2) is 42.6 Å². The van der Waals surface area contributed by atoms with Crippen LogP contribution >= 0.6 is 0 Å². The first-order valence-electron chi connectivity index (χ1n) is 7.02. The normalized spacial score (nSPS) is 11.0. The Kier molecular flexibility index (Phi) is 3.60. The van der Waals surface area contributed by atoms with E-state index in [2.05, 4.69) is 4.98 Å². The molecule has 112 valence electrons. The molecular formula is C16H16N4O2. The second kappa shape index (κ2) is 5.57. The van der Waals surface area contributed by atoms with E-state index in [-0.39, 0.29) is 5.69 Å². The highest BCUT2D eigenvalue weighted by atomic mass is 16.6. The van der Waals surface area contributed by atoms with Gasteiger partial charge in [-0.3, -0.25) is 10.1 Å². The summed E-state index contributed by atoms with van der Waals surface area (Å²) in [6.07, 6.45) is 2.72. The summed E-state index contributed by atoms with van der Waals surface area (Å²) in [6, 6.07) is 10.4. The zero-order valence-corrected chi connectivity index (χ0v) is 12.2. The topological polar surface area (TPSA) is 86.5 Å². The number of aromatic nitrogens is 2. The number of nitrogens with two attached hydrogens (primary N) is 1. The van der Waals surface area contributed by atoms with Crippen molar-refractivity contribution in [2.75, 3.05) is 6.54 Å². The van der Waals surface area contributed by atoms with E-state index < -0.39 is 4.92 Å².